The highest BCUT2D eigenvalue weighted by molar-refractivity contribution is 5.83. The van der Waals surface area contributed by atoms with E-state index in [9.17, 15) is 9.59 Å². The predicted octanol–water partition coefficient (Wildman–Crippen LogP) is 0.814. The fraction of sp³-hybridized carbons (Fsp3) is 0.833. The Kier molecular flexibility index (Phi) is 3.75. The molecule has 2 fully saturated rings. The minimum Gasteiger partial charge on any atom is -0.480 e. The van der Waals surface area contributed by atoms with Crippen molar-refractivity contribution in [2.45, 2.75) is 44.2 Å². The molecule has 0 aromatic rings. The van der Waals surface area contributed by atoms with E-state index in [0.29, 0.717) is 26.2 Å². The monoisotopic (exact) mass is 256 g/mol. The van der Waals surface area contributed by atoms with Crippen molar-refractivity contribution in [2.24, 2.45) is 0 Å². The van der Waals surface area contributed by atoms with Gasteiger partial charge >= 0.3 is 12.0 Å². The summed E-state index contributed by atoms with van der Waals surface area (Å²) in [5.74, 6) is -0.917. The third-order valence-electron chi connectivity index (χ3n) is 3.80. The third kappa shape index (κ3) is 2.75. The molecule has 0 aromatic carbocycles. The largest absolute Gasteiger partial charge is 0.480 e. The highest BCUT2D eigenvalue weighted by Crippen LogP contribution is 2.22. The van der Waals surface area contributed by atoms with Crippen molar-refractivity contribution < 1.29 is 19.4 Å². The number of carboxylic acid groups (broad SMARTS) is 1. The Balaban J connectivity index is 1.96. The highest BCUT2D eigenvalue weighted by atomic mass is 16.5. The summed E-state index contributed by atoms with van der Waals surface area (Å²) >= 11 is 0. The van der Waals surface area contributed by atoms with E-state index in [2.05, 4.69) is 5.32 Å². The van der Waals surface area contributed by atoms with Gasteiger partial charge in [-0.2, -0.15) is 0 Å². The fourth-order valence-electron chi connectivity index (χ4n) is 2.54. The number of urea groups is 1. The minimum atomic E-state index is -0.917. The van der Waals surface area contributed by atoms with Crippen molar-refractivity contribution in [1.29, 1.82) is 0 Å². The molecule has 0 aromatic heterocycles. The van der Waals surface area contributed by atoms with Crippen LogP contribution >= 0.6 is 0 Å². The lowest BCUT2D eigenvalue weighted by Gasteiger charge is -2.36. The van der Waals surface area contributed by atoms with Crippen LogP contribution in [-0.2, 0) is 9.53 Å². The molecule has 0 bridgehead atoms. The van der Waals surface area contributed by atoms with Gasteiger partial charge in [0.2, 0.25) is 0 Å². The molecule has 6 nitrogen and oxygen atoms in total. The number of hydrogen-bond acceptors (Lipinski definition) is 3. The number of carboxylic acids is 1. The van der Waals surface area contributed by atoms with Gasteiger partial charge in [0.05, 0.1) is 0 Å². The topological polar surface area (TPSA) is 78.9 Å². The maximum absolute atomic E-state index is 12.1. The Morgan fingerprint density at radius 3 is 2.67 bits per heavy atom. The Morgan fingerprint density at radius 1 is 1.39 bits per heavy atom. The normalized spacial score (nSPS) is 26.9. The van der Waals surface area contributed by atoms with E-state index in [1.165, 1.54) is 4.90 Å². The van der Waals surface area contributed by atoms with Crippen LogP contribution in [0.1, 0.15) is 32.6 Å². The van der Waals surface area contributed by atoms with Crippen LogP contribution in [-0.4, -0.2) is 53.3 Å². The van der Waals surface area contributed by atoms with Crippen LogP contribution in [0.25, 0.3) is 0 Å². The van der Waals surface area contributed by atoms with Crippen LogP contribution in [0.3, 0.4) is 0 Å². The second kappa shape index (κ2) is 5.14. The molecule has 2 saturated heterocycles. The molecule has 2 heterocycles. The minimum absolute atomic E-state index is 0.260. The van der Waals surface area contributed by atoms with Crippen molar-refractivity contribution in [2.75, 3.05) is 19.8 Å². The second-order valence-corrected chi connectivity index (χ2v) is 5.29. The third-order valence-corrected chi connectivity index (χ3v) is 3.80. The summed E-state index contributed by atoms with van der Waals surface area (Å²) in [6, 6.07) is -0.933. The molecule has 2 amide bonds. The van der Waals surface area contributed by atoms with E-state index in [1.807, 2.05) is 6.92 Å². The summed E-state index contributed by atoms with van der Waals surface area (Å²) in [5, 5.41) is 12.0. The molecule has 6 heteroatoms. The summed E-state index contributed by atoms with van der Waals surface area (Å²) in [6.07, 6.45) is 2.83. The number of nitrogens with one attached hydrogen (secondary N) is 1. The molecule has 0 radical (unpaired) electrons. The van der Waals surface area contributed by atoms with Crippen LogP contribution in [0.5, 0.6) is 0 Å². The first-order valence-electron chi connectivity index (χ1n) is 6.41. The van der Waals surface area contributed by atoms with E-state index >= 15 is 0 Å². The number of amides is 2. The van der Waals surface area contributed by atoms with Crippen molar-refractivity contribution in [3.05, 3.63) is 0 Å². The van der Waals surface area contributed by atoms with Gasteiger partial charge in [-0.25, -0.2) is 9.59 Å². The number of likely N-dealkylation sites (tertiary alicyclic amines) is 1. The number of hydrogen-bond donors (Lipinski definition) is 2. The summed E-state index contributed by atoms with van der Waals surface area (Å²) in [4.78, 5) is 24.6. The highest BCUT2D eigenvalue weighted by Gasteiger charge is 2.37. The first-order valence-corrected chi connectivity index (χ1v) is 6.41. The van der Waals surface area contributed by atoms with Gasteiger partial charge < -0.3 is 20.1 Å². The lowest BCUT2D eigenvalue weighted by atomic mass is 9.93. The van der Waals surface area contributed by atoms with Gasteiger partial charge in [-0.05, 0) is 32.6 Å². The van der Waals surface area contributed by atoms with Crippen molar-refractivity contribution in [3.8, 4) is 0 Å². The first-order chi connectivity index (χ1) is 8.52. The van der Waals surface area contributed by atoms with Crippen LogP contribution in [0, 0.1) is 0 Å². The molecule has 0 saturated carbocycles. The molecule has 18 heavy (non-hydrogen) atoms. The first kappa shape index (κ1) is 13.1. The quantitative estimate of drug-likeness (QED) is 0.766. The summed E-state index contributed by atoms with van der Waals surface area (Å²) in [6.45, 7) is 3.78. The van der Waals surface area contributed by atoms with E-state index in [-0.39, 0.29) is 11.6 Å². The number of ether oxygens (including phenoxy) is 1. The number of aliphatic carboxylic acids is 1. The van der Waals surface area contributed by atoms with Crippen molar-refractivity contribution in [1.82, 2.24) is 10.2 Å². The van der Waals surface area contributed by atoms with Crippen LogP contribution < -0.4 is 5.32 Å². The van der Waals surface area contributed by atoms with Gasteiger partial charge in [-0.1, -0.05) is 0 Å². The smallest absolute Gasteiger partial charge is 0.326 e. The summed E-state index contributed by atoms with van der Waals surface area (Å²) in [7, 11) is 0. The SMILES string of the molecule is CC1(NC(=O)N2CCC[C@H]2C(=O)O)CCOCC1. The summed E-state index contributed by atoms with van der Waals surface area (Å²) in [5.41, 5.74) is -0.277. The molecule has 1 atom stereocenters. The molecule has 0 spiro atoms. The standard InChI is InChI=1S/C12H20N2O4/c1-12(4-7-18-8-5-12)13-11(17)14-6-2-3-9(14)10(15)16/h9H,2-8H2,1H3,(H,13,17)(H,15,16)/t9-/m0/s1. The van der Waals surface area contributed by atoms with Gasteiger partial charge in [0.25, 0.3) is 0 Å². The molecule has 0 unspecified atom stereocenters. The fourth-order valence-corrected chi connectivity index (χ4v) is 2.54. The molecular weight excluding hydrogens is 236 g/mol. The predicted molar refractivity (Wildman–Crippen MR) is 64.4 cm³/mol. The zero-order chi connectivity index (χ0) is 13.2. The maximum Gasteiger partial charge on any atom is 0.326 e. The van der Waals surface area contributed by atoms with Crippen LogP contribution in [0.2, 0.25) is 0 Å². The number of nitrogens with zero attached hydrogens (tertiary/aromatic N) is 1. The molecule has 2 N–H and O–H groups in total. The van der Waals surface area contributed by atoms with Gasteiger partial charge in [0, 0.05) is 25.3 Å². The van der Waals surface area contributed by atoms with E-state index in [4.69, 9.17) is 9.84 Å². The Labute approximate surface area is 106 Å². The molecule has 2 aliphatic heterocycles. The number of carbonyl (C=O) groups is 2. The van der Waals surface area contributed by atoms with Gasteiger partial charge in [-0.15, -0.1) is 0 Å². The summed E-state index contributed by atoms with van der Waals surface area (Å²) < 4.78 is 5.27. The van der Waals surface area contributed by atoms with Crippen molar-refractivity contribution >= 4 is 12.0 Å². The molecular formula is C12H20N2O4. The number of carbonyl (C=O) groups excluding carboxylic acids is 1. The van der Waals surface area contributed by atoms with E-state index in [0.717, 1.165) is 19.3 Å². The molecule has 0 aliphatic carbocycles. The zero-order valence-electron chi connectivity index (χ0n) is 10.6. The van der Waals surface area contributed by atoms with E-state index < -0.39 is 12.0 Å². The average molecular weight is 256 g/mol. The van der Waals surface area contributed by atoms with E-state index in [1.54, 1.807) is 0 Å². The van der Waals surface area contributed by atoms with Gasteiger partial charge in [-0.3, -0.25) is 0 Å². The molecule has 2 rings (SSSR count). The lowest BCUT2D eigenvalue weighted by molar-refractivity contribution is -0.141. The Hall–Kier alpha value is -1.30. The molecule has 2 aliphatic rings. The zero-order valence-corrected chi connectivity index (χ0v) is 10.6. The lowest BCUT2D eigenvalue weighted by Crippen LogP contribution is -2.55. The van der Waals surface area contributed by atoms with Crippen LogP contribution in [0.4, 0.5) is 4.79 Å². The molecule has 102 valence electrons. The van der Waals surface area contributed by atoms with Crippen LogP contribution in [0.15, 0.2) is 0 Å². The Bertz CT molecular complexity index is 339. The average Bonchev–Trinajstić information content (AvgIpc) is 2.78. The Morgan fingerprint density at radius 2 is 2.06 bits per heavy atom. The second-order valence-electron chi connectivity index (χ2n) is 5.29. The maximum atomic E-state index is 12.1. The van der Waals surface area contributed by atoms with Gasteiger partial charge in [0.1, 0.15) is 6.04 Å². The van der Waals surface area contributed by atoms with Gasteiger partial charge in [0.15, 0.2) is 0 Å². The number of rotatable bonds is 2. The van der Waals surface area contributed by atoms with Crippen molar-refractivity contribution in [3.63, 3.8) is 0 Å².